The highest BCUT2D eigenvalue weighted by molar-refractivity contribution is 7.99. The molecule has 100 valence electrons. The Morgan fingerprint density at radius 2 is 1.89 bits per heavy atom. The highest BCUT2D eigenvalue weighted by Crippen LogP contribution is 2.33. The third-order valence-electron chi connectivity index (χ3n) is 3.99. The van der Waals surface area contributed by atoms with E-state index in [1.54, 1.807) is 0 Å². The Morgan fingerprint density at radius 1 is 1.22 bits per heavy atom. The molecule has 0 heterocycles. The number of hydrogen-bond acceptors (Lipinski definition) is 2. The maximum Gasteiger partial charge on any atom is 0.0320 e. The van der Waals surface area contributed by atoms with E-state index in [1.165, 1.54) is 42.6 Å². The lowest BCUT2D eigenvalue weighted by molar-refractivity contribution is 0.413. The van der Waals surface area contributed by atoms with Crippen molar-refractivity contribution in [2.75, 3.05) is 12.8 Å². The predicted molar refractivity (Wildman–Crippen MR) is 81.2 cm³/mol. The summed E-state index contributed by atoms with van der Waals surface area (Å²) in [5, 5.41) is 3.49. The van der Waals surface area contributed by atoms with Crippen LogP contribution < -0.4 is 5.32 Å². The molecule has 18 heavy (non-hydrogen) atoms. The minimum atomic E-state index is 0.536. The lowest BCUT2D eigenvalue weighted by Crippen LogP contribution is -2.19. The number of rotatable bonds is 6. The van der Waals surface area contributed by atoms with Crippen LogP contribution in [0.5, 0.6) is 0 Å². The molecule has 1 unspecified atom stereocenters. The second-order valence-electron chi connectivity index (χ2n) is 5.23. The monoisotopic (exact) mass is 263 g/mol. The number of benzene rings is 1. The van der Waals surface area contributed by atoms with Crippen LogP contribution in [0.2, 0.25) is 0 Å². The minimum absolute atomic E-state index is 0.536. The quantitative estimate of drug-likeness (QED) is 0.750. The van der Waals surface area contributed by atoms with Gasteiger partial charge in [-0.2, -0.15) is 0 Å². The van der Waals surface area contributed by atoms with Gasteiger partial charge in [-0.15, -0.1) is 11.8 Å². The predicted octanol–water partition coefficient (Wildman–Crippen LogP) is 4.64. The van der Waals surface area contributed by atoms with Crippen molar-refractivity contribution in [1.82, 2.24) is 5.32 Å². The molecule has 1 fully saturated rings. The zero-order valence-corrected chi connectivity index (χ0v) is 12.4. The van der Waals surface area contributed by atoms with Crippen LogP contribution >= 0.6 is 11.8 Å². The number of thioether (sulfide) groups is 1. The summed E-state index contributed by atoms with van der Waals surface area (Å²) in [6.07, 6.45) is 7.04. The Labute approximate surface area is 116 Å². The first-order valence-corrected chi connectivity index (χ1v) is 8.22. The second-order valence-corrected chi connectivity index (χ2v) is 6.57. The molecule has 1 aromatic rings. The minimum Gasteiger partial charge on any atom is -0.313 e. The fourth-order valence-electron chi connectivity index (χ4n) is 2.96. The van der Waals surface area contributed by atoms with Crippen molar-refractivity contribution in [3.8, 4) is 0 Å². The van der Waals surface area contributed by atoms with Gasteiger partial charge in [0.25, 0.3) is 0 Å². The second kappa shape index (κ2) is 7.20. The molecule has 1 saturated carbocycles. The molecule has 2 rings (SSSR count). The van der Waals surface area contributed by atoms with E-state index in [9.17, 15) is 0 Å². The fourth-order valence-corrected chi connectivity index (χ4v) is 3.62. The molecule has 1 nitrogen and oxygen atoms in total. The Morgan fingerprint density at radius 3 is 2.44 bits per heavy atom. The maximum atomic E-state index is 3.49. The van der Waals surface area contributed by atoms with Crippen molar-refractivity contribution in [1.29, 1.82) is 0 Å². The van der Waals surface area contributed by atoms with Gasteiger partial charge >= 0.3 is 0 Å². The molecule has 0 spiro atoms. The maximum absolute atomic E-state index is 3.49. The summed E-state index contributed by atoms with van der Waals surface area (Å²) in [5.74, 6) is 2.09. The van der Waals surface area contributed by atoms with Gasteiger partial charge in [-0.1, -0.05) is 44.7 Å². The molecule has 1 aliphatic carbocycles. The zero-order valence-electron chi connectivity index (χ0n) is 11.6. The summed E-state index contributed by atoms with van der Waals surface area (Å²) in [7, 11) is 2.09. The van der Waals surface area contributed by atoms with Gasteiger partial charge in [0.15, 0.2) is 0 Å². The molecule has 1 atom stereocenters. The first kappa shape index (κ1) is 14.0. The summed E-state index contributed by atoms with van der Waals surface area (Å²) in [6, 6.07) is 9.67. The summed E-state index contributed by atoms with van der Waals surface area (Å²) in [5.41, 5.74) is 1.45. The van der Waals surface area contributed by atoms with Gasteiger partial charge in [-0.3, -0.25) is 0 Å². The van der Waals surface area contributed by atoms with Gasteiger partial charge in [-0.05, 0) is 42.8 Å². The fraction of sp³-hybridized carbons (Fsp3) is 0.625. The average molecular weight is 263 g/mol. The van der Waals surface area contributed by atoms with Crippen molar-refractivity contribution in [3.63, 3.8) is 0 Å². The van der Waals surface area contributed by atoms with E-state index in [4.69, 9.17) is 0 Å². The molecule has 0 radical (unpaired) electrons. The Bertz CT molecular complexity index is 341. The molecule has 0 saturated heterocycles. The number of nitrogens with one attached hydrogen (secondary N) is 1. The summed E-state index contributed by atoms with van der Waals surface area (Å²) in [4.78, 5) is 1.39. The van der Waals surface area contributed by atoms with Crippen LogP contribution in [0.25, 0.3) is 0 Å². The van der Waals surface area contributed by atoms with E-state index in [1.807, 2.05) is 11.8 Å². The van der Waals surface area contributed by atoms with Crippen LogP contribution in [-0.2, 0) is 0 Å². The SMILES string of the molecule is CCSc1ccc(C(CC2CCCC2)NC)cc1. The summed E-state index contributed by atoms with van der Waals surface area (Å²) in [6.45, 7) is 2.20. The molecule has 2 heteroatoms. The molecule has 1 aliphatic rings. The molecule has 1 aromatic carbocycles. The van der Waals surface area contributed by atoms with Gasteiger partial charge in [-0.25, -0.2) is 0 Å². The molecule has 0 aromatic heterocycles. The van der Waals surface area contributed by atoms with Crippen molar-refractivity contribution in [2.24, 2.45) is 5.92 Å². The molecule has 0 aliphatic heterocycles. The molecule has 0 amide bonds. The highest BCUT2D eigenvalue weighted by atomic mass is 32.2. The van der Waals surface area contributed by atoms with Gasteiger partial charge in [0, 0.05) is 10.9 Å². The van der Waals surface area contributed by atoms with Crippen LogP contribution in [0.4, 0.5) is 0 Å². The van der Waals surface area contributed by atoms with Crippen LogP contribution in [0.3, 0.4) is 0 Å². The smallest absolute Gasteiger partial charge is 0.0320 e. The van der Waals surface area contributed by atoms with Crippen LogP contribution in [-0.4, -0.2) is 12.8 Å². The average Bonchev–Trinajstić information content (AvgIpc) is 2.90. The van der Waals surface area contributed by atoms with Gasteiger partial charge in [0.1, 0.15) is 0 Å². The molecular weight excluding hydrogens is 238 g/mol. The third-order valence-corrected chi connectivity index (χ3v) is 4.88. The standard InChI is InChI=1S/C16H25NS/c1-3-18-15-10-8-14(9-11-15)16(17-2)12-13-6-4-5-7-13/h8-11,13,16-17H,3-7,12H2,1-2H3. The van der Waals surface area contributed by atoms with Crippen LogP contribution in [0, 0.1) is 5.92 Å². The van der Waals surface area contributed by atoms with Crippen molar-refractivity contribution < 1.29 is 0 Å². The van der Waals surface area contributed by atoms with E-state index < -0.39 is 0 Å². The molecule has 1 N–H and O–H groups in total. The van der Waals surface area contributed by atoms with Crippen LogP contribution in [0.15, 0.2) is 29.2 Å². The van der Waals surface area contributed by atoms with E-state index in [0.717, 1.165) is 11.7 Å². The van der Waals surface area contributed by atoms with Crippen molar-refractivity contribution >= 4 is 11.8 Å². The Balaban J connectivity index is 1.97. The molecule has 0 bridgehead atoms. The first-order valence-electron chi connectivity index (χ1n) is 7.23. The highest BCUT2D eigenvalue weighted by Gasteiger charge is 2.20. The summed E-state index contributed by atoms with van der Waals surface area (Å²) < 4.78 is 0. The Kier molecular flexibility index (Phi) is 5.58. The topological polar surface area (TPSA) is 12.0 Å². The van der Waals surface area contributed by atoms with Crippen molar-refractivity contribution in [3.05, 3.63) is 29.8 Å². The Hall–Kier alpha value is -0.470. The number of hydrogen-bond donors (Lipinski definition) is 1. The lowest BCUT2D eigenvalue weighted by Gasteiger charge is -2.20. The first-order chi connectivity index (χ1) is 8.83. The zero-order chi connectivity index (χ0) is 12.8. The van der Waals surface area contributed by atoms with E-state index in [-0.39, 0.29) is 0 Å². The van der Waals surface area contributed by atoms with E-state index >= 15 is 0 Å². The van der Waals surface area contributed by atoms with Gasteiger partial charge < -0.3 is 5.32 Å². The van der Waals surface area contributed by atoms with Gasteiger partial charge in [0.2, 0.25) is 0 Å². The molecular formula is C16H25NS. The van der Waals surface area contributed by atoms with E-state index in [2.05, 4.69) is 43.6 Å². The lowest BCUT2D eigenvalue weighted by atomic mass is 9.94. The van der Waals surface area contributed by atoms with Crippen molar-refractivity contribution in [2.45, 2.75) is 50.0 Å². The largest absolute Gasteiger partial charge is 0.313 e. The normalized spacial score (nSPS) is 18.1. The van der Waals surface area contributed by atoms with Crippen LogP contribution in [0.1, 0.15) is 50.6 Å². The third kappa shape index (κ3) is 3.76. The van der Waals surface area contributed by atoms with E-state index in [0.29, 0.717) is 6.04 Å². The summed E-state index contributed by atoms with van der Waals surface area (Å²) >= 11 is 1.92. The van der Waals surface area contributed by atoms with Gasteiger partial charge in [0.05, 0.1) is 0 Å².